The molecule has 0 radical (unpaired) electrons. The Balaban J connectivity index is 1.39. The van der Waals surface area contributed by atoms with Gasteiger partial charge in [-0.05, 0) is 42.0 Å². The van der Waals surface area contributed by atoms with Crippen LogP contribution in [-0.2, 0) is 13.2 Å². The molecular weight excluding hydrogens is 369 g/mol. The molecule has 0 aromatic heterocycles. The number of hydrogen-bond donors (Lipinski definition) is 1. The van der Waals surface area contributed by atoms with Gasteiger partial charge in [0.05, 0.1) is 5.02 Å². The highest BCUT2D eigenvalue weighted by atomic mass is 35.5. The minimum Gasteiger partial charge on any atom is -0.489 e. The molecule has 0 aliphatic carbocycles. The average Bonchev–Trinajstić information content (AvgIpc) is 3.14. The van der Waals surface area contributed by atoms with Crippen LogP contribution in [0, 0.1) is 5.82 Å². The Morgan fingerprint density at radius 1 is 1.00 bits per heavy atom. The number of anilines is 1. The molecule has 1 aliphatic rings. The molecule has 3 aromatic carbocycles. The lowest BCUT2D eigenvalue weighted by atomic mass is 10.2. The maximum atomic E-state index is 13.8. The van der Waals surface area contributed by atoms with Gasteiger partial charge in [-0.3, -0.25) is 0 Å². The van der Waals surface area contributed by atoms with Crippen LogP contribution in [0.5, 0.6) is 17.2 Å². The highest BCUT2D eigenvalue weighted by Gasteiger charge is 2.13. The number of halogens is 2. The van der Waals surface area contributed by atoms with Gasteiger partial charge in [-0.1, -0.05) is 29.8 Å². The summed E-state index contributed by atoms with van der Waals surface area (Å²) >= 11 is 6.04. The molecule has 0 saturated heterocycles. The van der Waals surface area contributed by atoms with Crippen molar-refractivity contribution in [2.75, 3.05) is 12.1 Å². The van der Waals surface area contributed by atoms with Crippen molar-refractivity contribution in [3.63, 3.8) is 0 Å². The first-order valence-corrected chi connectivity index (χ1v) is 8.85. The lowest BCUT2D eigenvalue weighted by molar-refractivity contribution is 0.174. The van der Waals surface area contributed by atoms with Crippen LogP contribution in [-0.4, -0.2) is 6.79 Å². The van der Waals surface area contributed by atoms with Gasteiger partial charge < -0.3 is 19.5 Å². The van der Waals surface area contributed by atoms with Gasteiger partial charge in [0.15, 0.2) is 11.5 Å². The van der Waals surface area contributed by atoms with Crippen LogP contribution < -0.4 is 19.5 Å². The van der Waals surface area contributed by atoms with E-state index in [1.807, 2.05) is 42.5 Å². The van der Waals surface area contributed by atoms with Gasteiger partial charge in [0.1, 0.15) is 18.2 Å². The van der Waals surface area contributed by atoms with E-state index >= 15 is 0 Å². The van der Waals surface area contributed by atoms with E-state index in [9.17, 15) is 4.39 Å². The third kappa shape index (κ3) is 4.09. The summed E-state index contributed by atoms with van der Waals surface area (Å²) in [5.74, 6) is 1.77. The Bertz CT molecular complexity index is 944. The smallest absolute Gasteiger partial charge is 0.231 e. The molecular formula is C21H17ClFNO3. The zero-order valence-electron chi connectivity index (χ0n) is 14.4. The topological polar surface area (TPSA) is 39.7 Å². The zero-order valence-corrected chi connectivity index (χ0v) is 15.1. The second-order valence-corrected chi connectivity index (χ2v) is 6.47. The van der Waals surface area contributed by atoms with Gasteiger partial charge in [0.2, 0.25) is 6.79 Å². The minimum atomic E-state index is -0.372. The van der Waals surface area contributed by atoms with Crippen molar-refractivity contribution in [3.8, 4) is 17.2 Å². The second-order valence-electron chi connectivity index (χ2n) is 6.06. The molecule has 3 aromatic rings. The van der Waals surface area contributed by atoms with E-state index in [1.54, 1.807) is 12.1 Å². The molecule has 0 unspecified atom stereocenters. The van der Waals surface area contributed by atoms with Crippen molar-refractivity contribution in [1.29, 1.82) is 0 Å². The van der Waals surface area contributed by atoms with Crippen LogP contribution in [0.4, 0.5) is 10.1 Å². The fourth-order valence-electron chi connectivity index (χ4n) is 2.78. The molecule has 1 heterocycles. The van der Waals surface area contributed by atoms with Crippen LogP contribution in [0.25, 0.3) is 0 Å². The van der Waals surface area contributed by atoms with Gasteiger partial charge in [0, 0.05) is 23.9 Å². The minimum absolute atomic E-state index is 0.0740. The maximum Gasteiger partial charge on any atom is 0.231 e. The summed E-state index contributed by atoms with van der Waals surface area (Å²) in [5, 5.41) is 3.69. The van der Waals surface area contributed by atoms with Crippen LogP contribution in [0.15, 0.2) is 60.7 Å². The summed E-state index contributed by atoms with van der Waals surface area (Å²) in [6.07, 6.45) is 0. The van der Waals surface area contributed by atoms with Crippen LogP contribution in [0.2, 0.25) is 5.02 Å². The summed E-state index contributed by atoms with van der Waals surface area (Å²) in [6.45, 7) is 0.937. The van der Waals surface area contributed by atoms with E-state index in [4.69, 9.17) is 25.8 Å². The SMILES string of the molecule is Fc1cccc(Cl)c1COc1cccc(CNc2ccc3c(c2)OCO3)c1. The van der Waals surface area contributed by atoms with E-state index in [1.165, 1.54) is 6.07 Å². The quantitative estimate of drug-likeness (QED) is 0.616. The van der Waals surface area contributed by atoms with Crippen LogP contribution >= 0.6 is 11.6 Å². The molecule has 1 N–H and O–H groups in total. The molecule has 4 nitrogen and oxygen atoms in total. The standard InChI is InChI=1S/C21H17ClFNO3/c22-18-5-2-6-19(23)17(18)12-25-16-4-1-3-14(9-16)11-24-15-7-8-20-21(10-15)27-13-26-20/h1-10,24H,11-13H2. The van der Waals surface area contributed by atoms with Crippen molar-refractivity contribution in [1.82, 2.24) is 0 Å². The summed E-state index contributed by atoms with van der Waals surface area (Å²) in [7, 11) is 0. The number of rotatable bonds is 6. The summed E-state index contributed by atoms with van der Waals surface area (Å²) in [5.41, 5.74) is 2.32. The fourth-order valence-corrected chi connectivity index (χ4v) is 3.00. The van der Waals surface area contributed by atoms with E-state index in [-0.39, 0.29) is 19.2 Å². The Hall–Kier alpha value is -2.92. The fraction of sp³-hybridized carbons (Fsp3) is 0.143. The lowest BCUT2D eigenvalue weighted by Crippen LogP contribution is -2.02. The molecule has 6 heteroatoms. The molecule has 0 atom stereocenters. The van der Waals surface area contributed by atoms with Crippen molar-refractivity contribution < 1.29 is 18.6 Å². The Labute approximate surface area is 161 Å². The third-order valence-corrected chi connectivity index (χ3v) is 4.57. The third-order valence-electron chi connectivity index (χ3n) is 4.21. The van der Waals surface area contributed by atoms with Crippen molar-refractivity contribution >= 4 is 17.3 Å². The molecule has 0 bridgehead atoms. The first kappa shape index (κ1) is 17.5. The molecule has 4 rings (SSSR count). The lowest BCUT2D eigenvalue weighted by Gasteiger charge is -2.11. The Kier molecular flexibility index (Phi) is 5.03. The Morgan fingerprint density at radius 2 is 1.85 bits per heavy atom. The molecule has 0 spiro atoms. The Morgan fingerprint density at radius 3 is 2.74 bits per heavy atom. The molecule has 1 aliphatic heterocycles. The number of hydrogen-bond acceptors (Lipinski definition) is 4. The maximum absolute atomic E-state index is 13.8. The predicted molar refractivity (Wildman–Crippen MR) is 102 cm³/mol. The van der Waals surface area contributed by atoms with E-state index in [0.29, 0.717) is 22.9 Å². The normalized spacial score (nSPS) is 12.1. The van der Waals surface area contributed by atoms with Crippen LogP contribution in [0.3, 0.4) is 0 Å². The summed E-state index contributed by atoms with van der Waals surface area (Å²) in [4.78, 5) is 0. The van der Waals surface area contributed by atoms with Gasteiger partial charge in [-0.25, -0.2) is 4.39 Å². The second kappa shape index (κ2) is 7.76. The molecule has 0 saturated carbocycles. The molecule has 0 amide bonds. The van der Waals surface area contributed by atoms with Gasteiger partial charge in [0.25, 0.3) is 0 Å². The summed E-state index contributed by atoms with van der Waals surface area (Å²) in [6, 6.07) is 17.9. The predicted octanol–water partition coefficient (Wildman–Crippen LogP) is 5.40. The van der Waals surface area contributed by atoms with Gasteiger partial charge >= 0.3 is 0 Å². The summed E-state index contributed by atoms with van der Waals surface area (Å²) < 4.78 is 30.2. The number of fused-ring (bicyclic) bond motifs is 1. The molecule has 0 fully saturated rings. The average molecular weight is 386 g/mol. The number of nitrogens with one attached hydrogen (secondary N) is 1. The van der Waals surface area contributed by atoms with Crippen molar-refractivity contribution in [3.05, 3.63) is 82.6 Å². The van der Waals surface area contributed by atoms with E-state index in [2.05, 4.69) is 5.32 Å². The highest BCUT2D eigenvalue weighted by molar-refractivity contribution is 6.31. The first-order valence-electron chi connectivity index (χ1n) is 8.47. The number of benzene rings is 3. The zero-order chi connectivity index (χ0) is 18.6. The molecule has 138 valence electrons. The monoisotopic (exact) mass is 385 g/mol. The first-order chi connectivity index (χ1) is 13.2. The molecule has 27 heavy (non-hydrogen) atoms. The van der Waals surface area contributed by atoms with Crippen LogP contribution in [0.1, 0.15) is 11.1 Å². The van der Waals surface area contributed by atoms with Gasteiger partial charge in [-0.2, -0.15) is 0 Å². The highest BCUT2D eigenvalue weighted by Crippen LogP contribution is 2.34. The number of ether oxygens (including phenoxy) is 3. The van der Waals surface area contributed by atoms with Crippen molar-refractivity contribution in [2.45, 2.75) is 13.2 Å². The largest absolute Gasteiger partial charge is 0.489 e. The van der Waals surface area contributed by atoms with E-state index in [0.717, 1.165) is 22.7 Å². The van der Waals surface area contributed by atoms with E-state index < -0.39 is 0 Å². The van der Waals surface area contributed by atoms with Gasteiger partial charge in [-0.15, -0.1) is 0 Å². The van der Waals surface area contributed by atoms with Crippen molar-refractivity contribution in [2.24, 2.45) is 0 Å².